The normalized spacial score (nSPS) is 14.7. The number of fused-ring (bicyclic) bond motifs is 1. The Morgan fingerprint density at radius 1 is 1.11 bits per heavy atom. The van der Waals surface area contributed by atoms with Gasteiger partial charge in [0.25, 0.3) is 5.91 Å². The predicted octanol–water partition coefficient (Wildman–Crippen LogP) is 3.35. The first-order chi connectivity index (χ1) is 13.0. The fraction of sp³-hybridized carbons (Fsp3) is 0.273. The number of aryl methyl sites for hydroxylation is 1. The molecule has 0 radical (unpaired) electrons. The molecule has 5 heteroatoms. The van der Waals surface area contributed by atoms with Crippen LogP contribution in [0.25, 0.3) is 11.3 Å². The van der Waals surface area contributed by atoms with Crippen LogP contribution in [0.5, 0.6) is 0 Å². The zero-order valence-electron chi connectivity index (χ0n) is 16.0. The molecule has 4 rings (SSSR count). The molecule has 0 bridgehead atoms. The maximum atomic E-state index is 13.1. The molecule has 1 amide bonds. The average Bonchev–Trinajstić information content (AvgIpc) is 3.23. The van der Waals surface area contributed by atoms with Gasteiger partial charge in [-0.1, -0.05) is 36.4 Å². The third-order valence-electron chi connectivity index (χ3n) is 5.15. The molecule has 3 aromatic rings. The van der Waals surface area contributed by atoms with Crippen molar-refractivity contribution in [1.29, 1.82) is 0 Å². The Labute approximate surface area is 159 Å². The molecule has 1 aliphatic rings. The smallest absolute Gasteiger partial charge is 0.255 e. The van der Waals surface area contributed by atoms with Gasteiger partial charge in [0.1, 0.15) is 0 Å². The number of nitrogens with zero attached hydrogens (tertiary/aromatic N) is 4. The summed E-state index contributed by atoms with van der Waals surface area (Å²) in [6.07, 6.45) is 1.79. The number of benzene rings is 2. The predicted molar refractivity (Wildman–Crippen MR) is 106 cm³/mol. The minimum atomic E-state index is 0.0289. The summed E-state index contributed by atoms with van der Waals surface area (Å²) >= 11 is 0. The SMILES string of the molecule is CN(C)CC(c1ccccc1)N1Cc2cc(-c3ccnn3C)ccc2C1=O. The number of carbonyl (C=O) groups is 1. The van der Waals surface area contributed by atoms with Crippen LogP contribution in [0.2, 0.25) is 0 Å². The van der Waals surface area contributed by atoms with E-state index in [-0.39, 0.29) is 11.9 Å². The molecule has 0 spiro atoms. The molecule has 1 atom stereocenters. The van der Waals surface area contributed by atoms with Gasteiger partial charge in [-0.05, 0) is 43.4 Å². The molecule has 1 aliphatic heterocycles. The van der Waals surface area contributed by atoms with Crippen molar-refractivity contribution in [2.24, 2.45) is 7.05 Å². The van der Waals surface area contributed by atoms with Gasteiger partial charge in [-0.25, -0.2) is 0 Å². The summed E-state index contributed by atoms with van der Waals surface area (Å²) in [4.78, 5) is 17.3. The number of aromatic nitrogens is 2. The van der Waals surface area contributed by atoms with Crippen LogP contribution in [0.15, 0.2) is 60.8 Å². The maximum absolute atomic E-state index is 13.1. The quantitative estimate of drug-likeness (QED) is 0.701. The van der Waals surface area contributed by atoms with Gasteiger partial charge in [0.05, 0.1) is 11.7 Å². The van der Waals surface area contributed by atoms with E-state index in [0.717, 1.165) is 28.9 Å². The van der Waals surface area contributed by atoms with Crippen molar-refractivity contribution in [3.8, 4) is 11.3 Å². The van der Waals surface area contributed by atoms with Crippen LogP contribution in [-0.4, -0.2) is 46.1 Å². The van der Waals surface area contributed by atoms with Crippen molar-refractivity contribution in [1.82, 2.24) is 19.6 Å². The van der Waals surface area contributed by atoms with Crippen LogP contribution in [0.3, 0.4) is 0 Å². The lowest BCUT2D eigenvalue weighted by molar-refractivity contribution is 0.0671. The largest absolute Gasteiger partial charge is 0.326 e. The van der Waals surface area contributed by atoms with E-state index in [1.165, 1.54) is 5.56 Å². The first-order valence-electron chi connectivity index (χ1n) is 9.16. The van der Waals surface area contributed by atoms with Crippen molar-refractivity contribution >= 4 is 5.91 Å². The molecule has 1 aromatic heterocycles. The number of hydrogen-bond donors (Lipinski definition) is 0. The Bertz CT molecular complexity index is 961. The summed E-state index contributed by atoms with van der Waals surface area (Å²) in [7, 11) is 6.02. The molecule has 1 unspecified atom stereocenters. The van der Waals surface area contributed by atoms with Gasteiger partial charge in [-0.2, -0.15) is 5.10 Å². The minimum Gasteiger partial charge on any atom is -0.326 e. The van der Waals surface area contributed by atoms with E-state index < -0.39 is 0 Å². The summed E-state index contributed by atoms with van der Waals surface area (Å²) < 4.78 is 1.86. The highest BCUT2D eigenvalue weighted by atomic mass is 16.2. The summed E-state index contributed by atoms with van der Waals surface area (Å²) in [5.74, 6) is 0.109. The summed E-state index contributed by atoms with van der Waals surface area (Å²) in [6, 6.07) is 18.4. The van der Waals surface area contributed by atoms with Crippen LogP contribution < -0.4 is 0 Å². The van der Waals surface area contributed by atoms with E-state index in [1.54, 1.807) is 6.20 Å². The fourth-order valence-corrected chi connectivity index (χ4v) is 3.82. The maximum Gasteiger partial charge on any atom is 0.255 e. The molecule has 138 valence electrons. The Morgan fingerprint density at radius 3 is 2.56 bits per heavy atom. The number of likely N-dealkylation sites (N-methyl/N-ethyl adjacent to an activating group) is 1. The van der Waals surface area contributed by atoms with Gasteiger partial charge < -0.3 is 9.80 Å². The molecule has 0 saturated heterocycles. The van der Waals surface area contributed by atoms with Crippen LogP contribution in [0, 0.1) is 0 Å². The van der Waals surface area contributed by atoms with Gasteiger partial charge in [-0.3, -0.25) is 9.48 Å². The van der Waals surface area contributed by atoms with Gasteiger partial charge >= 0.3 is 0 Å². The monoisotopic (exact) mass is 360 g/mol. The molecule has 0 fully saturated rings. The summed E-state index contributed by atoms with van der Waals surface area (Å²) in [6.45, 7) is 1.42. The van der Waals surface area contributed by atoms with Crippen molar-refractivity contribution < 1.29 is 4.79 Å². The number of amides is 1. The van der Waals surface area contributed by atoms with Crippen molar-refractivity contribution in [3.63, 3.8) is 0 Å². The molecule has 0 saturated carbocycles. The van der Waals surface area contributed by atoms with E-state index in [0.29, 0.717) is 6.54 Å². The second kappa shape index (κ2) is 7.00. The standard InChI is InChI=1S/C22H24N4O/c1-24(2)15-21(16-7-5-4-6-8-16)26-14-18-13-17(9-10-19(18)22(26)27)20-11-12-23-25(20)3/h4-13,21H,14-15H2,1-3H3. The van der Waals surface area contributed by atoms with E-state index in [2.05, 4.69) is 28.2 Å². The molecular formula is C22H24N4O. The van der Waals surface area contributed by atoms with E-state index >= 15 is 0 Å². The van der Waals surface area contributed by atoms with E-state index in [1.807, 2.05) is 67.1 Å². The first kappa shape index (κ1) is 17.5. The van der Waals surface area contributed by atoms with Crippen LogP contribution in [0.4, 0.5) is 0 Å². The lowest BCUT2D eigenvalue weighted by Crippen LogP contribution is -2.35. The highest BCUT2D eigenvalue weighted by Crippen LogP contribution is 2.34. The lowest BCUT2D eigenvalue weighted by atomic mass is 10.0. The topological polar surface area (TPSA) is 41.4 Å². The van der Waals surface area contributed by atoms with Crippen LogP contribution >= 0.6 is 0 Å². The van der Waals surface area contributed by atoms with Gasteiger partial charge in [-0.15, -0.1) is 0 Å². The Kier molecular flexibility index (Phi) is 4.54. The van der Waals surface area contributed by atoms with Crippen molar-refractivity contribution in [2.75, 3.05) is 20.6 Å². The zero-order valence-corrected chi connectivity index (χ0v) is 16.0. The molecule has 0 N–H and O–H groups in total. The molecule has 5 nitrogen and oxygen atoms in total. The molecular weight excluding hydrogens is 336 g/mol. The number of hydrogen-bond acceptors (Lipinski definition) is 3. The molecule has 2 aromatic carbocycles. The zero-order chi connectivity index (χ0) is 19.0. The highest BCUT2D eigenvalue weighted by Gasteiger charge is 2.34. The Morgan fingerprint density at radius 2 is 1.89 bits per heavy atom. The van der Waals surface area contributed by atoms with Gasteiger partial charge in [0, 0.05) is 37.5 Å². The van der Waals surface area contributed by atoms with E-state index in [4.69, 9.17) is 0 Å². The average molecular weight is 360 g/mol. The summed E-state index contributed by atoms with van der Waals surface area (Å²) in [5.41, 5.74) is 5.20. The third-order valence-corrected chi connectivity index (χ3v) is 5.15. The number of carbonyl (C=O) groups excluding carboxylic acids is 1. The van der Waals surface area contributed by atoms with Crippen LogP contribution in [0.1, 0.15) is 27.5 Å². The molecule has 27 heavy (non-hydrogen) atoms. The fourth-order valence-electron chi connectivity index (χ4n) is 3.82. The van der Waals surface area contributed by atoms with Gasteiger partial charge in [0.15, 0.2) is 0 Å². The van der Waals surface area contributed by atoms with Gasteiger partial charge in [0.2, 0.25) is 0 Å². The van der Waals surface area contributed by atoms with Crippen LogP contribution in [-0.2, 0) is 13.6 Å². The second-order valence-corrected chi connectivity index (χ2v) is 7.33. The Balaban J connectivity index is 1.68. The van der Waals surface area contributed by atoms with Crippen molar-refractivity contribution in [2.45, 2.75) is 12.6 Å². The van der Waals surface area contributed by atoms with Crippen molar-refractivity contribution in [3.05, 3.63) is 77.5 Å². The number of rotatable bonds is 5. The molecule has 2 heterocycles. The minimum absolute atomic E-state index is 0.0289. The van der Waals surface area contributed by atoms with E-state index in [9.17, 15) is 4.79 Å². The summed E-state index contributed by atoms with van der Waals surface area (Å²) in [5, 5.41) is 4.25. The lowest BCUT2D eigenvalue weighted by Gasteiger charge is -2.30. The third kappa shape index (κ3) is 3.26. The second-order valence-electron chi connectivity index (χ2n) is 7.33. The highest BCUT2D eigenvalue weighted by molar-refractivity contribution is 5.99. The first-order valence-corrected chi connectivity index (χ1v) is 9.16. The molecule has 0 aliphatic carbocycles. The Hall–Kier alpha value is -2.92.